The summed E-state index contributed by atoms with van der Waals surface area (Å²) in [5.74, 6) is 0.633. The fraction of sp³-hybridized carbons (Fsp3) is 0.632. The highest BCUT2D eigenvalue weighted by atomic mass is 16.5. The van der Waals surface area contributed by atoms with E-state index in [1.165, 1.54) is 32.1 Å². The van der Waals surface area contributed by atoms with Crippen LogP contribution in [0.1, 0.15) is 63.5 Å². The second kappa shape index (κ2) is 7.12. The SMILES string of the molecule is CC(=O)N[C@H]1C[C@@H](c2cnn3cccnc23)O[C@@H](C2CCCCC2)C1. The predicted molar refractivity (Wildman–Crippen MR) is 94.0 cm³/mol. The zero-order chi connectivity index (χ0) is 17.2. The van der Waals surface area contributed by atoms with Gasteiger partial charge >= 0.3 is 0 Å². The van der Waals surface area contributed by atoms with Gasteiger partial charge in [-0.2, -0.15) is 5.10 Å². The first-order valence-corrected chi connectivity index (χ1v) is 9.41. The third kappa shape index (κ3) is 3.54. The van der Waals surface area contributed by atoms with E-state index in [4.69, 9.17) is 4.74 Å². The summed E-state index contributed by atoms with van der Waals surface area (Å²) in [6, 6.07) is 2.03. The Hall–Kier alpha value is -1.95. The molecule has 3 heterocycles. The molecule has 6 heteroatoms. The molecule has 25 heavy (non-hydrogen) atoms. The number of ether oxygens (including phenoxy) is 1. The third-order valence-corrected chi connectivity index (χ3v) is 5.59. The van der Waals surface area contributed by atoms with E-state index in [-0.39, 0.29) is 24.2 Å². The molecule has 1 aliphatic carbocycles. The molecule has 2 fully saturated rings. The van der Waals surface area contributed by atoms with Gasteiger partial charge in [0.05, 0.1) is 18.4 Å². The summed E-state index contributed by atoms with van der Waals surface area (Å²) >= 11 is 0. The molecule has 1 aliphatic heterocycles. The number of nitrogens with one attached hydrogen (secondary N) is 1. The molecule has 1 amide bonds. The van der Waals surface area contributed by atoms with Crippen molar-refractivity contribution in [1.82, 2.24) is 19.9 Å². The quantitative estimate of drug-likeness (QED) is 0.931. The highest BCUT2D eigenvalue weighted by Crippen LogP contribution is 2.39. The molecule has 4 rings (SSSR count). The van der Waals surface area contributed by atoms with Crippen LogP contribution in [-0.2, 0) is 9.53 Å². The topological polar surface area (TPSA) is 68.5 Å². The fourth-order valence-electron chi connectivity index (χ4n) is 4.44. The van der Waals surface area contributed by atoms with Gasteiger partial charge in [-0.15, -0.1) is 0 Å². The number of amides is 1. The van der Waals surface area contributed by atoms with Crippen molar-refractivity contribution >= 4 is 11.6 Å². The van der Waals surface area contributed by atoms with Crippen molar-refractivity contribution in [3.8, 4) is 0 Å². The lowest BCUT2D eigenvalue weighted by atomic mass is 9.80. The van der Waals surface area contributed by atoms with Gasteiger partial charge in [0.25, 0.3) is 0 Å². The first-order valence-electron chi connectivity index (χ1n) is 9.41. The summed E-state index contributed by atoms with van der Waals surface area (Å²) in [6.07, 6.45) is 13.8. The Balaban J connectivity index is 1.60. The Labute approximate surface area is 148 Å². The van der Waals surface area contributed by atoms with Crippen LogP contribution in [0.15, 0.2) is 24.7 Å². The molecule has 2 aliphatic rings. The first-order chi connectivity index (χ1) is 12.2. The number of hydrogen-bond donors (Lipinski definition) is 1. The number of carbonyl (C=O) groups is 1. The van der Waals surface area contributed by atoms with Crippen molar-refractivity contribution in [3.05, 3.63) is 30.2 Å². The van der Waals surface area contributed by atoms with E-state index in [1.807, 2.05) is 18.5 Å². The summed E-state index contributed by atoms with van der Waals surface area (Å²) in [4.78, 5) is 16.1. The van der Waals surface area contributed by atoms with Crippen LogP contribution in [0.4, 0.5) is 0 Å². The normalized spacial score (nSPS) is 28.1. The Kier molecular flexibility index (Phi) is 4.70. The van der Waals surface area contributed by atoms with Crippen molar-refractivity contribution in [2.24, 2.45) is 5.92 Å². The molecule has 0 unspecified atom stereocenters. The van der Waals surface area contributed by atoms with Crippen LogP contribution in [0, 0.1) is 5.92 Å². The minimum atomic E-state index is -0.0649. The predicted octanol–water partition coefficient (Wildman–Crippen LogP) is 3.03. The molecule has 0 radical (unpaired) electrons. The second-order valence-electron chi connectivity index (χ2n) is 7.42. The van der Waals surface area contributed by atoms with Crippen LogP contribution in [0.2, 0.25) is 0 Å². The minimum Gasteiger partial charge on any atom is -0.370 e. The number of rotatable bonds is 3. The summed E-state index contributed by atoms with van der Waals surface area (Å²) < 4.78 is 8.33. The highest BCUT2D eigenvalue weighted by Gasteiger charge is 2.36. The average Bonchev–Trinajstić information content (AvgIpc) is 3.06. The van der Waals surface area contributed by atoms with Gasteiger partial charge in [0.15, 0.2) is 5.65 Å². The molecule has 6 nitrogen and oxygen atoms in total. The Morgan fingerprint density at radius 1 is 1.28 bits per heavy atom. The van der Waals surface area contributed by atoms with Gasteiger partial charge in [-0.3, -0.25) is 4.79 Å². The number of aromatic nitrogens is 3. The monoisotopic (exact) mass is 342 g/mol. The zero-order valence-electron chi connectivity index (χ0n) is 14.7. The van der Waals surface area contributed by atoms with E-state index < -0.39 is 0 Å². The van der Waals surface area contributed by atoms with E-state index in [0.29, 0.717) is 5.92 Å². The van der Waals surface area contributed by atoms with Crippen molar-refractivity contribution in [2.75, 3.05) is 0 Å². The molecule has 0 aromatic carbocycles. The van der Waals surface area contributed by atoms with Crippen LogP contribution in [0.25, 0.3) is 5.65 Å². The molecule has 0 spiro atoms. The summed E-state index contributed by atoms with van der Waals surface area (Å²) in [5, 5.41) is 7.53. The molecular weight excluding hydrogens is 316 g/mol. The number of nitrogens with zero attached hydrogens (tertiary/aromatic N) is 3. The lowest BCUT2D eigenvalue weighted by Crippen LogP contribution is -2.44. The lowest BCUT2D eigenvalue weighted by molar-refractivity contribution is -0.124. The maximum absolute atomic E-state index is 11.6. The standard InChI is InChI=1S/C19H26N4O2/c1-13(24)22-15-10-17(14-6-3-2-4-7-14)25-18(11-15)16-12-21-23-9-5-8-20-19(16)23/h5,8-9,12,14-15,17-18H,2-4,6-7,10-11H2,1H3,(H,22,24)/t15-,17-,18+/m1/s1. The largest absolute Gasteiger partial charge is 0.370 e. The third-order valence-electron chi connectivity index (χ3n) is 5.59. The smallest absolute Gasteiger partial charge is 0.217 e. The zero-order valence-corrected chi connectivity index (χ0v) is 14.7. The minimum absolute atomic E-state index is 0.0334. The average molecular weight is 342 g/mol. The molecule has 1 saturated heterocycles. The second-order valence-corrected chi connectivity index (χ2v) is 7.42. The maximum atomic E-state index is 11.6. The maximum Gasteiger partial charge on any atom is 0.217 e. The summed E-state index contributed by atoms with van der Waals surface area (Å²) in [6.45, 7) is 1.59. The van der Waals surface area contributed by atoms with Gasteiger partial charge in [0.2, 0.25) is 5.91 Å². The molecule has 3 atom stereocenters. The van der Waals surface area contributed by atoms with Crippen LogP contribution < -0.4 is 5.32 Å². The van der Waals surface area contributed by atoms with Gasteiger partial charge in [0.1, 0.15) is 0 Å². The van der Waals surface area contributed by atoms with Gasteiger partial charge in [-0.05, 0) is 37.7 Å². The molecule has 134 valence electrons. The van der Waals surface area contributed by atoms with Crippen molar-refractivity contribution in [1.29, 1.82) is 0 Å². The summed E-state index contributed by atoms with van der Waals surface area (Å²) in [7, 11) is 0. The first kappa shape index (κ1) is 16.5. The summed E-state index contributed by atoms with van der Waals surface area (Å²) in [5.41, 5.74) is 1.87. The van der Waals surface area contributed by atoms with Crippen LogP contribution in [0.5, 0.6) is 0 Å². The fourth-order valence-corrected chi connectivity index (χ4v) is 4.44. The molecule has 1 N–H and O–H groups in total. The van der Waals surface area contributed by atoms with E-state index in [2.05, 4.69) is 15.4 Å². The van der Waals surface area contributed by atoms with Crippen molar-refractivity contribution < 1.29 is 9.53 Å². The van der Waals surface area contributed by atoms with E-state index in [1.54, 1.807) is 17.6 Å². The van der Waals surface area contributed by atoms with Crippen molar-refractivity contribution in [2.45, 2.75) is 70.1 Å². The van der Waals surface area contributed by atoms with E-state index >= 15 is 0 Å². The van der Waals surface area contributed by atoms with Crippen LogP contribution >= 0.6 is 0 Å². The Morgan fingerprint density at radius 3 is 2.92 bits per heavy atom. The molecule has 1 saturated carbocycles. The van der Waals surface area contributed by atoms with Crippen LogP contribution in [0.3, 0.4) is 0 Å². The molecule has 2 aromatic rings. The highest BCUT2D eigenvalue weighted by molar-refractivity contribution is 5.73. The Bertz CT molecular complexity index is 738. The van der Waals surface area contributed by atoms with Crippen molar-refractivity contribution in [3.63, 3.8) is 0 Å². The number of fused-ring (bicyclic) bond motifs is 1. The van der Waals surface area contributed by atoms with Crippen LogP contribution in [-0.4, -0.2) is 32.7 Å². The van der Waals surface area contributed by atoms with E-state index in [0.717, 1.165) is 24.1 Å². The number of hydrogen-bond acceptors (Lipinski definition) is 4. The van der Waals surface area contributed by atoms with Gasteiger partial charge in [-0.1, -0.05) is 19.3 Å². The van der Waals surface area contributed by atoms with Gasteiger partial charge < -0.3 is 10.1 Å². The molecule has 2 aromatic heterocycles. The van der Waals surface area contributed by atoms with Gasteiger partial charge in [-0.25, -0.2) is 9.50 Å². The lowest BCUT2D eigenvalue weighted by Gasteiger charge is -2.40. The molecule has 0 bridgehead atoms. The van der Waals surface area contributed by atoms with Gasteiger partial charge in [0, 0.05) is 30.9 Å². The molecular formula is C19H26N4O2. The van der Waals surface area contributed by atoms with E-state index in [9.17, 15) is 4.79 Å². The Morgan fingerprint density at radius 2 is 2.12 bits per heavy atom. The number of carbonyl (C=O) groups excluding carboxylic acids is 1.